The number of nitrogens with zero attached hydrogens (tertiary/aromatic N) is 1. The van der Waals surface area contributed by atoms with Gasteiger partial charge in [-0.25, -0.2) is 0 Å². The Balaban J connectivity index is 2.21. The number of nitrogens with two attached hydrogens (primary N) is 1. The highest BCUT2D eigenvalue weighted by atomic mass is 79.9. The van der Waals surface area contributed by atoms with Crippen LogP contribution in [0.3, 0.4) is 0 Å². The Morgan fingerprint density at radius 3 is 2.55 bits per heavy atom. The van der Waals surface area contributed by atoms with Crippen molar-refractivity contribution in [3.05, 3.63) is 28.2 Å². The third-order valence-electron chi connectivity index (χ3n) is 3.67. The first kappa shape index (κ1) is 15.8. The van der Waals surface area contributed by atoms with E-state index in [0.29, 0.717) is 6.54 Å². The molecule has 1 saturated heterocycles. The maximum absolute atomic E-state index is 6.02. The van der Waals surface area contributed by atoms with Gasteiger partial charge in [-0.3, -0.25) is 4.90 Å². The van der Waals surface area contributed by atoms with Crippen LogP contribution in [-0.4, -0.2) is 43.9 Å². The van der Waals surface area contributed by atoms with Gasteiger partial charge >= 0.3 is 0 Å². The number of methoxy groups -OCH3 is 1. The fourth-order valence-corrected chi connectivity index (χ4v) is 3.42. The minimum Gasteiger partial charge on any atom is -0.496 e. The summed E-state index contributed by atoms with van der Waals surface area (Å²) in [5.41, 5.74) is 7.23. The van der Waals surface area contributed by atoms with E-state index in [1.54, 1.807) is 7.11 Å². The van der Waals surface area contributed by atoms with E-state index in [1.165, 1.54) is 5.56 Å². The summed E-state index contributed by atoms with van der Waals surface area (Å²) in [5, 5.41) is 0. The molecular formula is C15H23BrN2O2. The molecule has 20 heavy (non-hydrogen) atoms. The number of ether oxygens (including phenoxy) is 2. The molecule has 1 aliphatic heterocycles. The molecule has 2 rings (SSSR count). The van der Waals surface area contributed by atoms with Gasteiger partial charge in [0.1, 0.15) is 5.75 Å². The average molecular weight is 343 g/mol. The highest BCUT2D eigenvalue weighted by Crippen LogP contribution is 2.31. The van der Waals surface area contributed by atoms with Gasteiger partial charge in [0.05, 0.1) is 23.8 Å². The van der Waals surface area contributed by atoms with Gasteiger partial charge in [-0.1, -0.05) is 6.07 Å². The molecule has 5 heteroatoms. The molecule has 4 nitrogen and oxygen atoms in total. The number of hydrogen-bond donors (Lipinski definition) is 1. The van der Waals surface area contributed by atoms with Crippen molar-refractivity contribution in [2.24, 2.45) is 5.73 Å². The van der Waals surface area contributed by atoms with Crippen molar-refractivity contribution in [2.45, 2.75) is 32.1 Å². The van der Waals surface area contributed by atoms with E-state index in [9.17, 15) is 0 Å². The predicted molar refractivity (Wildman–Crippen MR) is 84.1 cm³/mol. The zero-order chi connectivity index (χ0) is 14.7. The maximum atomic E-state index is 6.02. The van der Waals surface area contributed by atoms with Gasteiger partial charge < -0.3 is 15.2 Å². The highest BCUT2D eigenvalue weighted by Gasteiger charge is 2.28. The van der Waals surface area contributed by atoms with Gasteiger partial charge in [-0.05, 0) is 47.5 Å². The van der Waals surface area contributed by atoms with Crippen LogP contribution in [0.1, 0.15) is 25.5 Å². The average Bonchev–Trinajstić information content (AvgIpc) is 2.38. The normalized spacial score (nSPS) is 25.4. The minimum atomic E-state index is 0.214. The summed E-state index contributed by atoms with van der Waals surface area (Å²) in [6.07, 6.45) is 0.490. The fraction of sp³-hybridized carbons (Fsp3) is 0.600. The molecular weight excluding hydrogens is 320 g/mol. The van der Waals surface area contributed by atoms with E-state index in [4.69, 9.17) is 15.2 Å². The molecule has 0 saturated carbocycles. The Labute approximate surface area is 129 Å². The second-order valence-corrected chi connectivity index (χ2v) is 6.21. The van der Waals surface area contributed by atoms with Crippen LogP contribution in [0, 0.1) is 0 Å². The first-order chi connectivity index (χ1) is 9.55. The molecule has 1 heterocycles. The van der Waals surface area contributed by atoms with Gasteiger partial charge in [0.15, 0.2) is 0 Å². The Morgan fingerprint density at radius 2 is 2.05 bits per heavy atom. The molecule has 0 amide bonds. The number of morpholine rings is 1. The van der Waals surface area contributed by atoms with Crippen LogP contribution < -0.4 is 10.5 Å². The number of hydrogen-bond acceptors (Lipinski definition) is 4. The lowest BCUT2D eigenvalue weighted by atomic mass is 10.0. The third-order valence-corrected chi connectivity index (χ3v) is 4.29. The molecule has 2 N–H and O–H groups in total. The monoisotopic (exact) mass is 342 g/mol. The molecule has 0 radical (unpaired) electrons. The van der Waals surface area contributed by atoms with Gasteiger partial charge in [-0.15, -0.1) is 0 Å². The summed E-state index contributed by atoms with van der Waals surface area (Å²) in [6.45, 7) is 6.64. The van der Waals surface area contributed by atoms with Crippen molar-refractivity contribution < 1.29 is 9.47 Å². The first-order valence-corrected chi connectivity index (χ1v) is 7.77. The lowest BCUT2D eigenvalue weighted by Gasteiger charge is -2.40. The molecule has 1 unspecified atom stereocenters. The van der Waals surface area contributed by atoms with Crippen molar-refractivity contribution in [1.82, 2.24) is 4.90 Å². The van der Waals surface area contributed by atoms with E-state index in [2.05, 4.69) is 46.8 Å². The maximum Gasteiger partial charge on any atom is 0.133 e. The van der Waals surface area contributed by atoms with E-state index in [1.807, 2.05) is 6.07 Å². The molecule has 1 aliphatic rings. The smallest absolute Gasteiger partial charge is 0.133 e. The van der Waals surface area contributed by atoms with Gasteiger partial charge in [-0.2, -0.15) is 0 Å². The van der Waals surface area contributed by atoms with Gasteiger partial charge in [0.2, 0.25) is 0 Å². The van der Waals surface area contributed by atoms with Crippen molar-refractivity contribution in [3.63, 3.8) is 0 Å². The number of halogens is 1. The summed E-state index contributed by atoms with van der Waals surface area (Å²) in [7, 11) is 1.67. The van der Waals surface area contributed by atoms with Crippen LogP contribution in [0.4, 0.5) is 0 Å². The largest absolute Gasteiger partial charge is 0.496 e. The van der Waals surface area contributed by atoms with E-state index in [0.717, 1.165) is 23.3 Å². The Kier molecular flexibility index (Phi) is 5.43. The molecule has 112 valence electrons. The Bertz CT molecular complexity index is 445. The van der Waals surface area contributed by atoms with Crippen LogP contribution in [0.5, 0.6) is 5.75 Å². The summed E-state index contributed by atoms with van der Waals surface area (Å²) >= 11 is 3.54. The third kappa shape index (κ3) is 3.52. The first-order valence-electron chi connectivity index (χ1n) is 6.98. The molecule has 1 fully saturated rings. The number of rotatable bonds is 4. The predicted octanol–water partition coefficient (Wildman–Crippen LogP) is 2.57. The summed E-state index contributed by atoms with van der Waals surface area (Å²) in [5.74, 6) is 0.841. The SMILES string of the molecule is COc1ccc(C(CN)N2C[C@@H](C)O[C@@H](C)C2)cc1Br. The molecule has 0 spiro atoms. The molecule has 0 aromatic heterocycles. The van der Waals surface area contributed by atoms with E-state index >= 15 is 0 Å². The highest BCUT2D eigenvalue weighted by molar-refractivity contribution is 9.10. The van der Waals surface area contributed by atoms with Crippen LogP contribution in [0.2, 0.25) is 0 Å². The van der Waals surface area contributed by atoms with Crippen LogP contribution in [0.25, 0.3) is 0 Å². The molecule has 0 aliphatic carbocycles. The number of benzene rings is 1. The van der Waals surface area contributed by atoms with E-state index < -0.39 is 0 Å². The van der Waals surface area contributed by atoms with Crippen LogP contribution >= 0.6 is 15.9 Å². The lowest BCUT2D eigenvalue weighted by molar-refractivity contribution is -0.0799. The summed E-state index contributed by atoms with van der Waals surface area (Å²) in [6, 6.07) is 6.38. The second-order valence-electron chi connectivity index (χ2n) is 5.36. The standard InChI is InChI=1S/C15H23BrN2O2/c1-10-8-18(9-11(2)20-10)14(7-17)12-4-5-15(19-3)13(16)6-12/h4-6,10-11,14H,7-9,17H2,1-3H3/t10-,11+,14?. The topological polar surface area (TPSA) is 47.7 Å². The summed E-state index contributed by atoms with van der Waals surface area (Å²) < 4.78 is 12.0. The van der Waals surface area contributed by atoms with Crippen LogP contribution in [0.15, 0.2) is 22.7 Å². The summed E-state index contributed by atoms with van der Waals surface area (Å²) in [4.78, 5) is 2.41. The fourth-order valence-electron chi connectivity index (χ4n) is 2.86. The zero-order valence-electron chi connectivity index (χ0n) is 12.3. The molecule has 0 bridgehead atoms. The molecule has 3 atom stereocenters. The van der Waals surface area contributed by atoms with Crippen molar-refractivity contribution in [1.29, 1.82) is 0 Å². The molecule has 1 aromatic rings. The quantitative estimate of drug-likeness (QED) is 0.913. The lowest BCUT2D eigenvalue weighted by Crippen LogP contribution is -2.48. The van der Waals surface area contributed by atoms with Gasteiger partial charge in [0.25, 0.3) is 0 Å². The van der Waals surface area contributed by atoms with Crippen LogP contribution in [-0.2, 0) is 4.74 Å². The van der Waals surface area contributed by atoms with Gasteiger partial charge in [0, 0.05) is 25.7 Å². The van der Waals surface area contributed by atoms with Crippen molar-refractivity contribution in [3.8, 4) is 5.75 Å². The minimum absolute atomic E-state index is 0.214. The Morgan fingerprint density at radius 1 is 1.40 bits per heavy atom. The molecule has 1 aromatic carbocycles. The Hall–Kier alpha value is -0.620. The zero-order valence-corrected chi connectivity index (χ0v) is 13.9. The second kappa shape index (κ2) is 6.89. The van der Waals surface area contributed by atoms with Crippen molar-refractivity contribution in [2.75, 3.05) is 26.7 Å². The van der Waals surface area contributed by atoms with E-state index in [-0.39, 0.29) is 18.2 Å². The van der Waals surface area contributed by atoms with Crippen molar-refractivity contribution >= 4 is 15.9 Å².